The molecule has 0 aromatic carbocycles. The van der Waals surface area contributed by atoms with Crippen LogP contribution in [-0.2, 0) is 14.3 Å². The van der Waals surface area contributed by atoms with Crippen LogP contribution in [0.3, 0.4) is 0 Å². The molecule has 2 N–H and O–H groups in total. The van der Waals surface area contributed by atoms with Gasteiger partial charge in [-0.3, -0.25) is 4.79 Å². The van der Waals surface area contributed by atoms with E-state index in [0.29, 0.717) is 19.8 Å². The maximum absolute atomic E-state index is 11.4. The van der Waals surface area contributed by atoms with Gasteiger partial charge in [0.1, 0.15) is 0 Å². The van der Waals surface area contributed by atoms with Crippen molar-refractivity contribution in [2.24, 2.45) is 0 Å². The smallest absolute Gasteiger partial charge is 0.234 e. The zero-order chi connectivity index (χ0) is 11.7. The maximum atomic E-state index is 11.4. The number of hydrogen-bond acceptors (Lipinski definition) is 4. The fourth-order valence-electron chi connectivity index (χ4n) is 1.19. The van der Waals surface area contributed by atoms with E-state index in [2.05, 4.69) is 10.6 Å². The van der Waals surface area contributed by atoms with Crippen LogP contribution in [0.4, 0.5) is 0 Å². The first-order valence-corrected chi connectivity index (χ1v) is 5.10. The molecule has 15 heavy (non-hydrogen) atoms. The zero-order valence-electron chi connectivity index (χ0n) is 10.0. The van der Waals surface area contributed by atoms with Gasteiger partial charge in [0.25, 0.3) is 0 Å². The topological polar surface area (TPSA) is 59.6 Å². The summed E-state index contributed by atoms with van der Waals surface area (Å²) in [7, 11) is 3.25. The Hall–Kier alpha value is -0.650. The highest BCUT2D eigenvalue weighted by molar-refractivity contribution is 5.78. The second-order valence-electron chi connectivity index (χ2n) is 3.66. The van der Waals surface area contributed by atoms with Gasteiger partial charge in [-0.05, 0) is 13.8 Å². The highest BCUT2D eigenvalue weighted by atomic mass is 16.5. The molecule has 0 aromatic heterocycles. The van der Waals surface area contributed by atoms with Crippen molar-refractivity contribution in [1.29, 1.82) is 0 Å². The molecule has 0 heterocycles. The number of ether oxygens (including phenoxy) is 2. The maximum Gasteiger partial charge on any atom is 0.234 e. The molecule has 2 unspecified atom stereocenters. The Labute approximate surface area is 91.5 Å². The quantitative estimate of drug-likeness (QED) is 0.590. The summed E-state index contributed by atoms with van der Waals surface area (Å²) in [6.45, 7) is 5.30. The molecule has 1 amide bonds. The van der Waals surface area contributed by atoms with Crippen molar-refractivity contribution in [1.82, 2.24) is 10.6 Å². The van der Waals surface area contributed by atoms with Crippen molar-refractivity contribution < 1.29 is 14.3 Å². The first kappa shape index (κ1) is 14.3. The minimum atomic E-state index is -0.0255. The highest BCUT2D eigenvalue weighted by Gasteiger charge is 2.08. The van der Waals surface area contributed by atoms with E-state index in [0.717, 1.165) is 0 Å². The molecule has 0 radical (unpaired) electrons. The van der Waals surface area contributed by atoms with Gasteiger partial charge in [-0.2, -0.15) is 0 Å². The zero-order valence-corrected chi connectivity index (χ0v) is 10.0. The monoisotopic (exact) mass is 218 g/mol. The molecule has 5 nitrogen and oxygen atoms in total. The Kier molecular flexibility index (Phi) is 8.27. The van der Waals surface area contributed by atoms with E-state index >= 15 is 0 Å². The lowest BCUT2D eigenvalue weighted by Crippen LogP contribution is -2.43. The van der Waals surface area contributed by atoms with E-state index in [1.807, 2.05) is 13.8 Å². The predicted octanol–water partition coefficient (Wildman–Crippen LogP) is -0.238. The summed E-state index contributed by atoms with van der Waals surface area (Å²) in [5.41, 5.74) is 0. The van der Waals surface area contributed by atoms with Crippen LogP contribution in [0, 0.1) is 0 Å². The highest BCUT2D eigenvalue weighted by Crippen LogP contribution is 1.84. The largest absolute Gasteiger partial charge is 0.383 e. The van der Waals surface area contributed by atoms with Crippen LogP contribution >= 0.6 is 0 Å². The Morgan fingerprint density at radius 1 is 1.13 bits per heavy atom. The van der Waals surface area contributed by atoms with Crippen LogP contribution in [0.25, 0.3) is 0 Å². The van der Waals surface area contributed by atoms with E-state index in [-0.39, 0.29) is 18.0 Å². The average Bonchev–Trinajstić information content (AvgIpc) is 2.15. The first-order valence-electron chi connectivity index (χ1n) is 5.10. The van der Waals surface area contributed by atoms with E-state index in [9.17, 15) is 4.79 Å². The number of carbonyl (C=O) groups excluding carboxylic acids is 1. The molecule has 90 valence electrons. The minimum absolute atomic E-state index is 0.0255. The molecule has 0 bridgehead atoms. The molecule has 0 saturated heterocycles. The van der Waals surface area contributed by atoms with Crippen LogP contribution in [0.1, 0.15) is 13.8 Å². The number of rotatable bonds is 8. The third kappa shape index (κ3) is 8.35. The first-order chi connectivity index (χ1) is 7.10. The van der Waals surface area contributed by atoms with Crippen LogP contribution in [0.2, 0.25) is 0 Å². The summed E-state index contributed by atoms with van der Waals surface area (Å²) in [6.07, 6.45) is 0. The fraction of sp³-hybridized carbons (Fsp3) is 0.900. The van der Waals surface area contributed by atoms with Gasteiger partial charge in [-0.15, -0.1) is 0 Å². The molecule has 0 fully saturated rings. The Balaban J connectivity index is 3.56. The molecule has 0 spiro atoms. The van der Waals surface area contributed by atoms with Gasteiger partial charge in [0.15, 0.2) is 0 Å². The lowest BCUT2D eigenvalue weighted by Gasteiger charge is -2.15. The fourth-order valence-corrected chi connectivity index (χ4v) is 1.19. The van der Waals surface area contributed by atoms with Gasteiger partial charge in [0.05, 0.1) is 19.8 Å². The third-order valence-electron chi connectivity index (χ3n) is 1.85. The third-order valence-corrected chi connectivity index (χ3v) is 1.85. The van der Waals surface area contributed by atoms with Gasteiger partial charge in [0.2, 0.25) is 5.91 Å². The standard InChI is InChI=1S/C10H22N2O3/c1-8(6-14-3)11-5-10(13)12-9(2)7-15-4/h8-9,11H,5-7H2,1-4H3,(H,12,13). The molecular weight excluding hydrogens is 196 g/mol. The van der Waals surface area contributed by atoms with Crippen molar-refractivity contribution in [2.75, 3.05) is 34.0 Å². The molecule has 5 heteroatoms. The summed E-state index contributed by atoms with van der Waals surface area (Å²) in [6, 6.07) is 0.223. The van der Waals surface area contributed by atoms with Crippen LogP contribution in [0.15, 0.2) is 0 Å². The molecule has 2 atom stereocenters. The second kappa shape index (κ2) is 8.64. The molecule has 0 aliphatic heterocycles. The number of carbonyl (C=O) groups is 1. The van der Waals surface area contributed by atoms with Crippen molar-refractivity contribution in [3.63, 3.8) is 0 Å². The Morgan fingerprint density at radius 2 is 1.67 bits per heavy atom. The minimum Gasteiger partial charge on any atom is -0.383 e. The average molecular weight is 218 g/mol. The normalized spacial score (nSPS) is 14.7. The van der Waals surface area contributed by atoms with E-state index in [1.165, 1.54) is 0 Å². The van der Waals surface area contributed by atoms with Gasteiger partial charge in [-0.25, -0.2) is 0 Å². The summed E-state index contributed by atoms with van der Waals surface area (Å²) in [5.74, 6) is -0.0255. The lowest BCUT2D eigenvalue weighted by molar-refractivity contribution is -0.121. The van der Waals surface area contributed by atoms with Crippen molar-refractivity contribution >= 4 is 5.91 Å². The summed E-state index contributed by atoms with van der Waals surface area (Å²) < 4.78 is 9.85. The van der Waals surface area contributed by atoms with Gasteiger partial charge < -0.3 is 20.1 Å². The van der Waals surface area contributed by atoms with Crippen LogP contribution in [-0.4, -0.2) is 52.0 Å². The van der Waals surface area contributed by atoms with Crippen LogP contribution in [0.5, 0.6) is 0 Å². The molecule has 0 saturated carbocycles. The van der Waals surface area contributed by atoms with Crippen molar-refractivity contribution in [3.8, 4) is 0 Å². The van der Waals surface area contributed by atoms with Gasteiger partial charge >= 0.3 is 0 Å². The van der Waals surface area contributed by atoms with E-state index in [1.54, 1.807) is 14.2 Å². The summed E-state index contributed by atoms with van der Waals surface area (Å²) >= 11 is 0. The molecule has 0 aliphatic rings. The Morgan fingerprint density at radius 3 is 2.20 bits per heavy atom. The predicted molar refractivity (Wildman–Crippen MR) is 58.8 cm³/mol. The van der Waals surface area contributed by atoms with Crippen LogP contribution < -0.4 is 10.6 Å². The molecule has 0 rings (SSSR count). The second-order valence-corrected chi connectivity index (χ2v) is 3.66. The van der Waals surface area contributed by atoms with Gasteiger partial charge in [-0.1, -0.05) is 0 Å². The van der Waals surface area contributed by atoms with Crippen molar-refractivity contribution in [3.05, 3.63) is 0 Å². The number of nitrogens with one attached hydrogen (secondary N) is 2. The lowest BCUT2D eigenvalue weighted by atomic mass is 10.3. The van der Waals surface area contributed by atoms with E-state index in [4.69, 9.17) is 9.47 Å². The van der Waals surface area contributed by atoms with Crippen molar-refractivity contribution in [2.45, 2.75) is 25.9 Å². The summed E-state index contributed by atoms with van der Waals surface area (Å²) in [4.78, 5) is 11.4. The van der Waals surface area contributed by atoms with Gasteiger partial charge in [0, 0.05) is 26.3 Å². The Bertz CT molecular complexity index is 176. The number of methoxy groups -OCH3 is 2. The molecular formula is C10H22N2O3. The van der Waals surface area contributed by atoms with E-state index < -0.39 is 0 Å². The number of hydrogen-bond donors (Lipinski definition) is 2. The SMILES string of the molecule is COCC(C)NCC(=O)NC(C)COC. The molecule has 0 aliphatic carbocycles. The summed E-state index contributed by atoms with van der Waals surface area (Å²) in [5, 5.41) is 5.86. The number of amides is 1. The molecule has 0 aromatic rings.